The van der Waals surface area contributed by atoms with Crippen LogP contribution in [-0.4, -0.2) is 30.9 Å². The molecule has 1 N–H and O–H groups in total. The first-order valence-electron chi connectivity index (χ1n) is 4.49. The van der Waals surface area contributed by atoms with E-state index >= 15 is 0 Å². The first-order valence-corrected chi connectivity index (χ1v) is 4.49. The van der Waals surface area contributed by atoms with Gasteiger partial charge in [0.15, 0.2) is 5.79 Å². The van der Waals surface area contributed by atoms with Crippen molar-refractivity contribution in [2.24, 2.45) is 0 Å². The number of carbonyl (C=O) groups excluding carboxylic acids is 1. The van der Waals surface area contributed by atoms with Crippen LogP contribution in [0.25, 0.3) is 0 Å². The van der Waals surface area contributed by atoms with Crippen molar-refractivity contribution in [1.82, 2.24) is 5.32 Å². The van der Waals surface area contributed by atoms with E-state index in [9.17, 15) is 4.79 Å². The van der Waals surface area contributed by atoms with Crippen LogP contribution in [0.2, 0.25) is 0 Å². The van der Waals surface area contributed by atoms with Crippen molar-refractivity contribution < 1.29 is 14.3 Å². The monoisotopic (exact) mass is 198 g/mol. The van der Waals surface area contributed by atoms with Gasteiger partial charge in [-0.2, -0.15) is 5.26 Å². The van der Waals surface area contributed by atoms with Crippen molar-refractivity contribution in [3.63, 3.8) is 0 Å². The Hall–Kier alpha value is -1.12. The number of rotatable bonds is 3. The molecule has 5 heteroatoms. The molecule has 1 unspecified atom stereocenters. The summed E-state index contributed by atoms with van der Waals surface area (Å²) < 4.78 is 10.8. The molecule has 0 spiro atoms. The molecule has 14 heavy (non-hydrogen) atoms. The summed E-state index contributed by atoms with van der Waals surface area (Å²) in [5, 5.41) is 10.8. The molecule has 78 valence electrons. The Balaban J connectivity index is 2.21. The normalized spacial score (nSPS) is 24.2. The van der Waals surface area contributed by atoms with Gasteiger partial charge in [-0.3, -0.25) is 4.79 Å². The highest BCUT2D eigenvalue weighted by atomic mass is 16.7. The van der Waals surface area contributed by atoms with Gasteiger partial charge in [0, 0.05) is 6.54 Å². The van der Waals surface area contributed by atoms with E-state index in [0.717, 1.165) is 0 Å². The van der Waals surface area contributed by atoms with Crippen molar-refractivity contribution in [1.29, 1.82) is 5.26 Å². The zero-order chi connectivity index (χ0) is 10.6. The third kappa shape index (κ3) is 3.32. The highest BCUT2D eigenvalue weighted by Crippen LogP contribution is 2.21. The largest absolute Gasteiger partial charge is 0.353 e. The Morgan fingerprint density at radius 2 is 2.43 bits per heavy atom. The van der Waals surface area contributed by atoms with Crippen LogP contribution in [0, 0.1) is 11.3 Å². The standard InChI is InChI=1S/C9H14N2O3/c1-9(2)13-6-7(14-9)5-11-8(12)3-4-10/h7H,3,5-6H2,1-2H3,(H,11,12). The lowest BCUT2D eigenvalue weighted by Crippen LogP contribution is -2.34. The number of ether oxygens (including phenoxy) is 2. The Morgan fingerprint density at radius 3 is 2.93 bits per heavy atom. The van der Waals surface area contributed by atoms with Gasteiger partial charge in [0.2, 0.25) is 5.91 Å². The van der Waals surface area contributed by atoms with Gasteiger partial charge in [-0.15, -0.1) is 0 Å². The minimum Gasteiger partial charge on any atom is -0.353 e. The fourth-order valence-corrected chi connectivity index (χ4v) is 1.23. The second-order valence-corrected chi connectivity index (χ2v) is 3.59. The Kier molecular flexibility index (Phi) is 3.44. The molecule has 0 aromatic rings. The summed E-state index contributed by atoms with van der Waals surface area (Å²) >= 11 is 0. The summed E-state index contributed by atoms with van der Waals surface area (Å²) in [5.74, 6) is -0.842. The molecule has 0 bridgehead atoms. The molecule has 1 aliphatic heterocycles. The van der Waals surface area contributed by atoms with Gasteiger partial charge in [0.05, 0.1) is 12.7 Å². The second-order valence-electron chi connectivity index (χ2n) is 3.59. The number of hydrogen-bond donors (Lipinski definition) is 1. The molecule has 1 amide bonds. The van der Waals surface area contributed by atoms with E-state index in [1.165, 1.54) is 0 Å². The van der Waals surface area contributed by atoms with Crippen molar-refractivity contribution in [2.45, 2.75) is 32.2 Å². The van der Waals surface area contributed by atoms with Crippen LogP contribution in [0.4, 0.5) is 0 Å². The predicted octanol–water partition coefficient (Wildman–Crippen LogP) is 0.168. The molecule has 1 atom stereocenters. The van der Waals surface area contributed by atoms with E-state index in [4.69, 9.17) is 14.7 Å². The SMILES string of the molecule is CC1(C)OCC(CNC(=O)CC#N)O1. The summed E-state index contributed by atoms with van der Waals surface area (Å²) in [5.41, 5.74) is 0. The average Bonchev–Trinajstić information content (AvgIpc) is 2.43. The smallest absolute Gasteiger partial charge is 0.234 e. The van der Waals surface area contributed by atoms with E-state index in [1.807, 2.05) is 13.8 Å². The Labute approximate surface area is 83.0 Å². The fraction of sp³-hybridized carbons (Fsp3) is 0.778. The maximum Gasteiger partial charge on any atom is 0.234 e. The summed E-state index contributed by atoms with van der Waals surface area (Å²) in [6.07, 6.45) is -0.232. The van der Waals surface area contributed by atoms with Gasteiger partial charge in [0.1, 0.15) is 12.5 Å². The number of hydrogen-bond acceptors (Lipinski definition) is 4. The van der Waals surface area contributed by atoms with Crippen LogP contribution in [0.1, 0.15) is 20.3 Å². The summed E-state index contributed by atoms with van der Waals surface area (Å²) in [6.45, 7) is 4.51. The van der Waals surface area contributed by atoms with Gasteiger partial charge in [-0.25, -0.2) is 0 Å². The molecular weight excluding hydrogens is 184 g/mol. The number of nitrogens with zero attached hydrogens (tertiary/aromatic N) is 1. The molecule has 1 aliphatic rings. The molecule has 1 saturated heterocycles. The molecule has 1 heterocycles. The van der Waals surface area contributed by atoms with Crippen LogP contribution in [-0.2, 0) is 14.3 Å². The molecule has 0 aromatic heterocycles. The quantitative estimate of drug-likeness (QED) is 0.701. The third-order valence-corrected chi connectivity index (χ3v) is 1.83. The molecule has 0 aromatic carbocycles. The maximum atomic E-state index is 10.9. The number of nitriles is 1. The highest BCUT2D eigenvalue weighted by molar-refractivity contribution is 5.77. The molecule has 0 aliphatic carbocycles. The summed E-state index contributed by atoms with van der Waals surface area (Å²) in [7, 11) is 0. The highest BCUT2D eigenvalue weighted by Gasteiger charge is 2.32. The number of amides is 1. The van der Waals surface area contributed by atoms with E-state index in [0.29, 0.717) is 13.2 Å². The lowest BCUT2D eigenvalue weighted by atomic mass is 10.3. The third-order valence-electron chi connectivity index (χ3n) is 1.83. The van der Waals surface area contributed by atoms with Crippen LogP contribution >= 0.6 is 0 Å². The van der Waals surface area contributed by atoms with Crippen LogP contribution in [0.15, 0.2) is 0 Å². The molecular formula is C9H14N2O3. The Morgan fingerprint density at radius 1 is 1.71 bits per heavy atom. The van der Waals surface area contributed by atoms with E-state index in [1.54, 1.807) is 6.07 Å². The van der Waals surface area contributed by atoms with Crippen LogP contribution in [0.5, 0.6) is 0 Å². The second kappa shape index (κ2) is 4.40. The summed E-state index contributed by atoms with van der Waals surface area (Å²) in [6, 6.07) is 1.78. The first kappa shape index (κ1) is 11.0. The lowest BCUT2D eigenvalue weighted by molar-refractivity contribution is -0.139. The fourth-order valence-electron chi connectivity index (χ4n) is 1.23. The molecule has 0 saturated carbocycles. The minimum absolute atomic E-state index is 0.114. The van der Waals surface area contributed by atoms with E-state index in [2.05, 4.69) is 5.32 Å². The predicted molar refractivity (Wildman–Crippen MR) is 48.1 cm³/mol. The minimum atomic E-state index is -0.565. The van der Waals surface area contributed by atoms with Crippen molar-refractivity contribution in [3.05, 3.63) is 0 Å². The average molecular weight is 198 g/mol. The van der Waals surface area contributed by atoms with E-state index < -0.39 is 5.79 Å². The van der Waals surface area contributed by atoms with Crippen LogP contribution in [0.3, 0.4) is 0 Å². The molecule has 1 rings (SSSR count). The molecule has 0 radical (unpaired) electrons. The maximum absolute atomic E-state index is 10.9. The van der Waals surface area contributed by atoms with Crippen molar-refractivity contribution in [2.75, 3.05) is 13.2 Å². The van der Waals surface area contributed by atoms with Gasteiger partial charge < -0.3 is 14.8 Å². The van der Waals surface area contributed by atoms with Gasteiger partial charge in [0.25, 0.3) is 0 Å². The van der Waals surface area contributed by atoms with Gasteiger partial charge >= 0.3 is 0 Å². The first-order chi connectivity index (χ1) is 6.53. The lowest BCUT2D eigenvalue weighted by Gasteiger charge is -2.17. The zero-order valence-corrected chi connectivity index (χ0v) is 8.37. The van der Waals surface area contributed by atoms with Gasteiger partial charge in [-0.1, -0.05) is 0 Å². The van der Waals surface area contributed by atoms with Gasteiger partial charge in [-0.05, 0) is 13.8 Å². The van der Waals surface area contributed by atoms with Crippen molar-refractivity contribution >= 4 is 5.91 Å². The number of carbonyl (C=O) groups is 1. The number of nitrogens with one attached hydrogen (secondary N) is 1. The van der Waals surface area contributed by atoms with Crippen molar-refractivity contribution in [3.8, 4) is 6.07 Å². The van der Waals surface area contributed by atoms with Crippen LogP contribution < -0.4 is 5.32 Å². The zero-order valence-electron chi connectivity index (χ0n) is 8.37. The topological polar surface area (TPSA) is 71.3 Å². The van der Waals surface area contributed by atoms with E-state index in [-0.39, 0.29) is 18.4 Å². The molecule has 1 fully saturated rings. The summed E-state index contributed by atoms with van der Waals surface area (Å²) in [4.78, 5) is 10.9. The Bertz CT molecular complexity index is 257. The molecule has 5 nitrogen and oxygen atoms in total.